The highest BCUT2D eigenvalue weighted by Crippen LogP contribution is 2.32. The van der Waals surface area contributed by atoms with Crippen LogP contribution in [0.15, 0.2) is 53.4 Å². The van der Waals surface area contributed by atoms with Gasteiger partial charge in [-0.15, -0.1) is 0 Å². The van der Waals surface area contributed by atoms with Gasteiger partial charge in [0.1, 0.15) is 0 Å². The van der Waals surface area contributed by atoms with Crippen LogP contribution in [0.25, 0.3) is 0 Å². The van der Waals surface area contributed by atoms with Gasteiger partial charge in [0.25, 0.3) is 10.0 Å². The predicted octanol–water partition coefficient (Wildman–Crippen LogP) is 3.89. The van der Waals surface area contributed by atoms with E-state index in [1.807, 2.05) is 6.92 Å². The van der Waals surface area contributed by atoms with Crippen molar-refractivity contribution >= 4 is 21.6 Å². The lowest BCUT2D eigenvalue weighted by atomic mass is 10.2. The van der Waals surface area contributed by atoms with E-state index in [1.165, 1.54) is 0 Å². The molecule has 0 aliphatic carbocycles. The van der Waals surface area contributed by atoms with Gasteiger partial charge >= 0.3 is 6.18 Å². The third kappa shape index (κ3) is 6.01. The molecule has 32 heavy (non-hydrogen) atoms. The van der Waals surface area contributed by atoms with E-state index >= 15 is 0 Å². The summed E-state index contributed by atoms with van der Waals surface area (Å²) in [5.41, 5.74) is 0.0937. The van der Waals surface area contributed by atoms with Crippen molar-refractivity contribution in [3.63, 3.8) is 0 Å². The summed E-state index contributed by atoms with van der Waals surface area (Å²) >= 11 is 0. The molecule has 0 aromatic heterocycles. The maximum atomic E-state index is 13.3. The molecule has 0 saturated carbocycles. The number of nitrogens with zero attached hydrogens (tertiary/aromatic N) is 1. The van der Waals surface area contributed by atoms with Gasteiger partial charge in [-0.3, -0.25) is 9.10 Å². The van der Waals surface area contributed by atoms with Crippen molar-refractivity contribution in [2.45, 2.75) is 43.4 Å². The molecule has 0 bridgehead atoms. The van der Waals surface area contributed by atoms with E-state index in [0.29, 0.717) is 19.2 Å². The minimum absolute atomic E-state index is 0.0546. The number of hydrogen-bond donors (Lipinski definition) is 1. The number of benzene rings is 2. The minimum Gasteiger partial charge on any atom is -0.376 e. The molecule has 1 saturated heterocycles. The van der Waals surface area contributed by atoms with Crippen molar-refractivity contribution in [3.8, 4) is 0 Å². The number of amides is 1. The second-order valence-corrected chi connectivity index (χ2v) is 9.49. The number of aryl methyl sites for hydroxylation is 1. The lowest BCUT2D eigenvalue weighted by molar-refractivity contribution is -0.137. The van der Waals surface area contributed by atoms with Gasteiger partial charge in [0.15, 0.2) is 0 Å². The van der Waals surface area contributed by atoms with Crippen molar-refractivity contribution in [1.29, 1.82) is 0 Å². The van der Waals surface area contributed by atoms with E-state index < -0.39 is 26.7 Å². The normalized spacial score (nSPS) is 16.7. The topological polar surface area (TPSA) is 75.7 Å². The molecule has 2 aromatic rings. The van der Waals surface area contributed by atoms with Gasteiger partial charge in [0.2, 0.25) is 5.91 Å². The molecule has 0 radical (unpaired) electrons. The van der Waals surface area contributed by atoms with Crippen LogP contribution >= 0.6 is 0 Å². The zero-order chi connectivity index (χ0) is 23.4. The van der Waals surface area contributed by atoms with Gasteiger partial charge < -0.3 is 10.1 Å². The van der Waals surface area contributed by atoms with Crippen molar-refractivity contribution in [2.24, 2.45) is 0 Å². The van der Waals surface area contributed by atoms with Crippen LogP contribution in [0.2, 0.25) is 0 Å². The standard InChI is InChI=1S/C22H25F3N2O4S/c1-16-7-9-18(10-8-16)27(12-11-21(28)26-15-19-5-3-13-31-19)32(29,30)20-6-2-4-17(14-20)22(23,24)25/h2,4,6-10,14,19H,3,5,11-13,15H2,1H3,(H,26,28). The molecule has 6 nitrogen and oxygen atoms in total. The summed E-state index contributed by atoms with van der Waals surface area (Å²) < 4.78 is 72.3. The second kappa shape index (κ2) is 9.91. The minimum atomic E-state index is -4.68. The molecule has 174 valence electrons. The third-order valence-electron chi connectivity index (χ3n) is 5.16. The number of anilines is 1. The SMILES string of the molecule is Cc1ccc(N(CCC(=O)NCC2CCCO2)S(=O)(=O)c2cccc(C(F)(F)F)c2)cc1. The zero-order valence-corrected chi connectivity index (χ0v) is 18.4. The highest BCUT2D eigenvalue weighted by molar-refractivity contribution is 7.92. The molecule has 1 N–H and O–H groups in total. The van der Waals surface area contributed by atoms with Gasteiger partial charge in [0.05, 0.1) is 22.3 Å². The first-order valence-corrected chi connectivity index (χ1v) is 11.7. The fourth-order valence-electron chi connectivity index (χ4n) is 3.38. The largest absolute Gasteiger partial charge is 0.416 e. The first-order chi connectivity index (χ1) is 15.1. The van der Waals surface area contributed by atoms with Crippen molar-refractivity contribution in [1.82, 2.24) is 5.32 Å². The number of ether oxygens (including phenoxy) is 1. The third-order valence-corrected chi connectivity index (χ3v) is 6.99. The van der Waals surface area contributed by atoms with Gasteiger partial charge in [-0.2, -0.15) is 13.2 Å². The highest BCUT2D eigenvalue weighted by atomic mass is 32.2. The van der Waals surface area contributed by atoms with Crippen molar-refractivity contribution < 1.29 is 31.1 Å². The number of carbonyl (C=O) groups is 1. The van der Waals surface area contributed by atoms with Crippen LogP contribution in [0, 0.1) is 6.92 Å². The van der Waals surface area contributed by atoms with Gasteiger partial charge in [-0.25, -0.2) is 8.42 Å². The first kappa shape index (κ1) is 24.1. The van der Waals surface area contributed by atoms with Crippen LogP contribution in [-0.4, -0.2) is 40.1 Å². The zero-order valence-electron chi connectivity index (χ0n) is 17.6. The Balaban J connectivity index is 1.82. The Hall–Kier alpha value is -2.59. The number of sulfonamides is 1. The highest BCUT2D eigenvalue weighted by Gasteiger charge is 2.33. The molecule has 1 unspecified atom stereocenters. The molecule has 3 rings (SSSR count). The van der Waals surface area contributed by atoms with E-state index in [0.717, 1.165) is 40.9 Å². The summed E-state index contributed by atoms with van der Waals surface area (Å²) in [5, 5.41) is 2.73. The van der Waals surface area contributed by atoms with E-state index in [9.17, 15) is 26.4 Å². The Bertz CT molecular complexity index is 1030. The van der Waals surface area contributed by atoms with E-state index in [4.69, 9.17) is 4.74 Å². The number of rotatable bonds is 8. The summed E-state index contributed by atoms with van der Waals surface area (Å²) in [5.74, 6) is -0.364. The summed E-state index contributed by atoms with van der Waals surface area (Å²) in [6, 6.07) is 10.1. The smallest absolute Gasteiger partial charge is 0.376 e. The fourth-order valence-corrected chi connectivity index (χ4v) is 4.90. The van der Waals surface area contributed by atoms with Crippen LogP contribution in [0.1, 0.15) is 30.4 Å². The number of nitrogens with one attached hydrogen (secondary N) is 1. The summed E-state index contributed by atoms with van der Waals surface area (Å²) in [6.07, 6.45) is -3.11. The van der Waals surface area contributed by atoms with Crippen molar-refractivity contribution in [3.05, 3.63) is 59.7 Å². The number of hydrogen-bond acceptors (Lipinski definition) is 4. The summed E-state index contributed by atoms with van der Waals surface area (Å²) in [4.78, 5) is 11.8. The van der Waals surface area contributed by atoms with E-state index in [1.54, 1.807) is 24.3 Å². The molecule has 1 aliphatic rings. The molecule has 0 spiro atoms. The van der Waals surface area contributed by atoms with Crippen LogP contribution in [0.4, 0.5) is 18.9 Å². The Morgan fingerprint density at radius 1 is 1.19 bits per heavy atom. The van der Waals surface area contributed by atoms with Gasteiger partial charge in [-0.1, -0.05) is 23.8 Å². The molecule has 10 heteroatoms. The summed E-state index contributed by atoms with van der Waals surface area (Å²) in [7, 11) is -4.35. The summed E-state index contributed by atoms with van der Waals surface area (Å²) in [6.45, 7) is 2.59. The molecule has 1 amide bonds. The second-order valence-electron chi connectivity index (χ2n) is 7.63. The molecule has 1 atom stereocenters. The van der Waals surface area contributed by atoms with E-state index in [-0.39, 0.29) is 30.7 Å². The van der Waals surface area contributed by atoms with Gasteiger partial charge in [0, 0.05) is 26.1 Å². The van der Waals surface area contributed by atoms with Crippen LogP contribution < -0.4 is 9.62 Å². The lowest BCUT2D eigenvalue weighted by Crippen LogP contribution is -2.37. The molecular weight excluding hydrogens is 445 g/mol. The number of halogens is 3. The molecular formula is C22H25F3N2O4S. The average molecular weight is 471 g/mol. The molecule has 1 aliphatic heterocycles. The molecule has 1 heterocycles. The maximum absolute atomic E-state index is 13.3. The quantitative estimate of drug-likeness (QED) is 0.635. The Kier molecular flexibility index (Phi) is 7.45. The first-order valence-electron chi connectivity index (χ1n) is 10.2. The number of carbonyl (C=O) groups excluding carboxylic acids is 1. The average Bonchev–Trinajstić information content (AvgIpc) is 3.27. The van der Waals surface area contributed by atoms with E-state index in [2.05, 4.69) is 5.32 Å². The monoisotopic (exact) mass is 470 g/mol. The van der Waals surface area contributed by atoms with Crippen molar-refractivity contribution in [2.75, 3.05) is 24.0 Å². The van der Waals surface area contributed by atoms with Crippen LogP contribution in [-0.2, 0) is 25.7 Å². The fraction of sp³-hybridized carbons (Fsp3) is 0.409. The Morgan fingerprint density at radius 2 is 1.91 bits per heavy atom. The Labute approximate surface area is 185 Å². The van der Waals surface area contributed by atoms with Gasteiger partial charge in [-0.05, 0) is 50.1 Å². The Morgan fingerprint density at radius 3 is 2.53 bits per heavy atom. The lowest BCUT2D eigenvalue weighted by Gasteiger charge is -2.25. The molecule has 2 aromatic carbocycles. The number of alkyl halides is 3. The maximum Gasteiger partial charge on any atom is 0.416 e. The molecule has 1 fully saturated rings. The van der Waals surface area contributed by atoms with Crippen LogP contribution in [0.5, 0.6) is 0 Å². The predicted molar refractivity (Wildman–Crippen MR) is 114 cm³/mol. The van der Waals surface area contributed by atoms with Crippen LogP contribution in [0.3, 0.4) is 0 Å².